The van der Waals surface area contributed by atoms with Crippen LogP contribution in [0.5, 0.6) is 5.75 Å². The molecule has 0 saturated heterocycles. The molecule has 2 N–H and O–H groups in total. The summed E-state index contributed by atoms with van der Waals surface area (Å²) in [5.74, 6) is 0.599. The molecule has 6 heteroatoms. The van der Waals surface area contributed by atoms with E-state index in [0.717, 1.165) is 5.56 Å². The van der Waals surface area contributed by atoms with Crippen LogP contribution in [0.4, 0.5) is 0 Å². The molecule has 2 aromatic rings. The van der Waals surface area contributed by atoms with Gasteiger partial charge in [-0.1, -0.05) is 12.1 Å². The van der Waals surface area contributed by atoms with E-state index >= 15 is 0 Å². The van der Waals surface area contributed by atoms with Gasteiger partial charge in [0.2, 0.25) is 5.91 Å². The largest absolute Gasteiger partial charge is 0.508 e. The van der Waals surface area contributed by atoms with E-state index in [0.29, 0.717) is 12.4 Å². The monoisotopic (exact) mass is 246 g/mol. The van der Waals surface area contributed by atoms with Crippen molar-refractivity contribution in [2.75, 3.05) is 0 Å². The maximum atomic E-state index is 11.6. The van der Waals surface area contributed by atoms with Gasteiger partial charge in [-0.05, 0) is 17.7 Å². The van der Waals surface area contributed by atoms with Crippen molar-refractivity contribution in [2.24, 2.45) is 7.05 Å². The van der Waals surface area contributed by atoms with Gasteiger partial charge >= 0.3 is 0 Å². The summed E-state index contributed by atoms with van der Waals surface area (Å²) in [7, 11) is 1.77. The molecule has 0 atom stereocenters. The molecular weight excluding hydrogens is 232 g/mol. The van der Waals surface area contributed by atoms with Gasteiger partial charge in [-0.25, -0.2) is 4.98 Å². The fourth-order valence-corrected chi connectivity index (χ4v) is 1.56. The molecule has 0 bridgehead atoms. The summed E-state index contributed by atoms with van der Waals surface area (Å²) in [5.41, 5.74) is 0.765. The third-order valence-electron chi connectivity index (χ3n) is 2.37. The summed E-state index contributed by atoms with van der Waals surface area (Å²) in [4.78, 5) is 15.7. The van der Waals surface area contributed by atoms with Crippen molar-refractivity contribution >= 4 is 5.91 Å². The fourth-order valence-electron chi connectivity index (χ4n) is 1.56. The van der Waals surface area contributed by atoms with Crippen LogP contribution in [0.25, 0.3) is 0 Å². The lowest BCUT2D eigenvalue weighted by molar-refractivity contribution is -0.120. The summed E-state index contributed by atoms with van der Waals surface area (Å²) in [5, 5.41) is 16.1. The van der Waals surface area contributed by atoms with Crippen molar-refractivity contribution in [1.29, 1.82) is 0 Å². The zero-order chi connectivity index (χ0) is 13.0. The van der Waals surface area contributed by atoms with Crippen molar-refractivity contribution in [3.8, 4) is 5.75 Å². The maximum Gasteiger partial charge on any atom is 0.224 e. The first-order valence-electron chi connectivity index (χ1n) is 5.52. The van der Waals surface area contributed by atoms with Gasteiger partial charge in [-0.15, -0.1) is 0 Å². The van der Waals surface area contributed by atoms with Gasteiger partial charge in [-0.3, -0.25) is 9.48 Å². The van der Waals surface area contributed by atoms with Crippen LogP contribution in [0.3, 0.4) is 0 Å². The Kier molecular flexibility index (Phi) is 3.57. The molecule has 0 aliphatic rings. The average molecular weight is 246 g/mol. The van der Waals surface area contributed by atoms with E-state index in [1.807, 2.05) is 0 Å². The lowest BCUT2D eigenvalue weighted by Crippen LogP contribution is -2.25. The molecule has 2 rings (SSSR count). The Bertz CT molecular complexity index is 551. The van der Waals surface area contributed by atoms with E-state index in [2.05, 4.69) is 15.4 Å². The van der Waals surface area contributed by atoms with E-state index in [-0.39, 0.29) is 18.1 Å². The molecular formula is C12H14N4O2. The first kappa shape index (κ1) is 12.1. The number of carbonyl (C=O) groups is 1. The predicted molar refractivity (Wildman–Crippen MR) is 64.7 cm³/mol. The maximum absolute atomic E-state index is 11.6. The van der Waals surface area contributed by atoms with Gasteiger partial charge in [0, 0.05) is 7.05 Å². The van der Waals surface area contributed by atoms with Crippen molar-refractivity contribution in [2.45, 2.75) is 13.0 Å². The Balaban J connectivity index is 1.85. The second-order valence-corrected chi connectivity index (χ2v) is 3.96. The Labute approximate surface area is 104 Å². The molecule has 94 valence electrons. The highest BCUT2D eigenvalue weighted by atomic mass is 16.3. The highest BCUT2D eigenvalue weighted by Crippen LogP contribution is 2.11. The topological polar surface area (TPSA) is 80.0 Å². The molecule has 18 heavy (non-hydrogen) atoms. The van der Waals surface area contributed by atoms with Gasteiger partial charge in [0.25, 0.3) is 0 Å². The predicted octanol–water partition coefficient (Wildman–Crippen LogP) is 0.380. The van der Waals surface area contributed by atoms with Gasteiger partial charge in [0.1, 0.15) is 12.1 Å². The second-order valence-electron chi connectivity index (χ2n) is 3.96. The molecule has 1 aromatic heterocycles. The number of hydrogen-bond donors (Lipinski definition) is 2. The summed E-state index contributed by atoms with van der Waals surface area (Å²) >= 11 is 0. The lowest BCUT2D eigenvalue weighted by atomic mass is 10.1. The number of rotatable bonds is 4. The molecule has 1 heterocycles. The molecule has 1 amide bonds. The summed E-state index contributed by atoms with van der Waals surface area (Å²) in [6, 6.07) is 6.63. The number of aromatic nitrogens is 3. The summed E-state index contributed by atoms with van der Waals surface area (Å²) in [6.45, 7) is 0.304. The molecule has 1 aromatic carbocycles. The molecule has 0 aliphatic carbocycles. The van der Waals surface area contributed by atoms with Gasteiger partial charge in [-0.2, -0.15) is 5.10 Å². The van der Waals surface area contributed by atoms with E-state index in [4.69, 9.17) is 0 Å². The number of nitrogens with one attached hydrogen (secondary N) is 1. The van der Waals surface area contributed by atoms with Crippen molar-refractivity contribution in [3.05, 3.63) is 42.0 Å². The number of nitrogens with zero attached hydrogens (tertiary/aromatic N) is 3. The minimum absolute atomic E-state index is 0.131. The van der Waals surface area contributed by atoms with Crippen LogP contribution in [0.2, 0.25) is 0 Å². The Morgan fingerprint density at radius 1 is 1.50 bits per heavy atom. The number of amides is 1. The first-order chi connectivity index (χ1) is 8.63. The molecule has 0 saturated carbocycles. The van der Waals surface area contributed by atoms with Crippen molar-refractivity contribution in [3.63, 3.8) is 0 Å². The second kappa shape index (κ2) is 5.31. The zero-order valence-corrected chi connectivity index (χ0v) is 10.00. The van der Waals surface area contributed by atoms with Crippen LogP contribution in [0.15, 0.2) is 30.6 Å². The van der Waals surface area contributed by atoms with E-state index in [1.54, 1.807) is 42.3 Å². The van der Waals surface area contributed by atoms with Crippen LogP contribution in [0.1, 0.15) is 11.4 Å². The number of phenols is 1. The normalized spacial score (nSPS) is 10.3. The van der Waals surface area contributed by atoms with Crippen LogP contribution in [-0.4, -0.2) is 25.8 Å². The number of hydrogen-bond acceptors (Lipinski definition) is 4. The molecule has 0 unspecified atom stereocenters. The Morgan fingerprint density at radius 2 is 2.33 bits per heavy atom. The van der Waals surface area contributed by atoms with Crippen LogP contribution in [0, 0.1) is 0 Å². The Hall–Kier alpha value is -2.37. The minimum atomic E-state index is -0.131. The smallest absolute Gasteiger partial charge is 0.224 e. The number of aromatic hydroxyl groups is 1. The molecule has 0 spiro atoms. The van der Waals surface area contributed by atoms with Gasteiger partial charge in [0.05, 0.1) is 13.0 Å². The molecule has 0 aliphatic heterocycles. The van der Waals surface area contributed by atoms with E-state index in [1.165, 1.54) is 0 Å². The van der Waals surface area contributed by atoms with E-state index in [9.17, 15) is 9.90 Å². The van der Waals surface area contributed by atoms with Crippen LogP contribution in [-0.2, 0) is 24.8 Å². The quantitative estimate of drug-likeness (QED) is 0.817. The number of carbonyl (C=O) groups excluding carboxylic acids is 1. The first-order valence-corrected chi connectivity index (χ1v) is 5.52. The fraction of sp³-hybridized carbons (Fsp3) is 0.250. The highest BCUT2D eigenvalue weighted by molar-refractivity contribution is 5.78. The summed E-state index contributed by atoms with van der Waals surface area (Å²) < 4.78 is 1.58. The number of benzene rings is 1. The minimum Gasteiger partial charge on any atom is -0.508 e. The van der Waals surface area contributed by atoms with E-state index < -0.39 is 0 Å². The highest BCUT2D eigenvalue weighted by Gasteiger charge is 2.05. The zero-order valence-electron chi connectivity index (χ0n) is 10.00. The standard InChI is InChI=1S/C12H14N4O2/c1-16-8-14-11(15-16)7-13-12(18)6-9-3-2-4-10(17)5-9/h2-5,8,17H,6-7H2,1H3,(H,13,18). The van der Waals surface area contributed by atoms with Gasteiger partial charge < -0.3 is 10.4 Å². The summed E-state index contributed by atoms with van der Waals surface area (Å²) in [6.07, 6.45) is 1.80. The molecule has 6 nitrogen and oxygen atoms in total. The number of phenolic OH excluding ortho intramolecular Hbond substituents is 1. The third-order valence-corrected chi connectivity index (χ3v) is 2.37. The van der Waals surface area contributed by atoms with Crippen molar-refractivity contribution in [1.82, 2.24) is 20.1 Å². The Morgan fingerprint density at radius 3 is 3.00 bits per heavy atom. The van der Waals surface area contributed by atoms with Crippen LogP contribution < -0.4 is 5.32 Å². The lowest BCUT2D eigenvalue weighted by Gasteiger charge is -2.03. The average Bonchev–Trinajstić information content (AvgIpc) is 2.73. The molecule has 0 fully saturated rings. The van der Waals surface area contributed by atoms with Crippen molar-refractivity contribution < 1.29 is 9.90 Å². The van der Waals surface area contributed by atoms with Crippen LogP contribution >= 0.6 is 0 Å². The third kappa shape index (κ3) is 3.31. The SMILES string of the molecule is Cn1cnc(CNC(=O)Cc2cccc(O)c2)n1. The molecule has 0 radical (unpaired) electrons. The van der Waals surface area contributed by atoms with Gasteiger partial charge in [0.15, 0.2) is 5.82 Å². The number of aryl methyl sites for hydroxylation is 1.